The monoisotopic (exact) mass is 524 g/mol. The van der Waals surface area contributed by atoms with E-state index in [1.165, 1.54) is 23.8 Å². The summed E-state index contributed by atoms with van der Waals surface area (Å²) in [5.41, 5.74) is 2.66. The molecule has 1 atom stereocenters. The van der Waals surface area contributed by atoms with Crippen molar-refractivity contribution in [2.75, 3.05) is 27.4 Å². The van der Waals surface area contributed by atoms with Gasteiger partial charge in [-0.3, -0.25) is 14.9 Å². The second kappa shape index (κ2) is 11.1. The molecule has 0 aromatic heterocycles. The average molecular weight is 525 g/mol. The molecule has 0 aliphatic carbocycles. The van der Waals surface area contributed by atoms with Gasteiger partial charge in [-0.15, -0.1) is 0 Å². The molecule has 0 fully saturated rings. The Hall–Kier alpha value is -3.78. The summed E-state index contributed by atoms with van der Waals surface area (Å²) in [6.07, 6.45) is 0.537. The molecule has 0 radical (unpaired) electrons. The Balaban J connectivity index is 1.73. The Kier molecular flexibility index (Phi) is 7.88. The second-order valence-electron chi connectivity index (χ2n) is 9.12. The van der Waals surface area contributed by atoms with Crippen molar-refractivity contribution < 1.29 is 23.9 Å². The van der Waals surface area contributed by atoms with Crippen molar-refractivity contribution in [1.82, 2.24) is 4.90 Å². The normalized spacial score (nSPS) is 14.8. The van der Waals surface area contributed by atoms with Crippen LogP contribution in [0.4, 0.5) is 5.69 Å². The van der Waals surface area contributed by atoms with Crippen LogP contribution in [0, 0.1) is 10.1 Å². The van der Waals surface area contributed by atoms with E-state index in [0.29, 0.717) is 36.1 Å². The quantitative estimate of drug-likeness (QED) is 0.257. The van der Waals surface area contributed by atoms with Crippen molar-refractivity contribution in [2.24, 2.45) is 0 Å². The predicted molar refractivity (Wildman–Crippen MR) is 141 cm³/mol. The van der Waals surface area contributed by atoms with Crippen LogP contribution >= 0.6 is 11.6 Å². The molecule has 0 bridgehead atoms. The Morgan fingerprint density at radius 2 is 1.76 bits per heavy atom. The van der Waals surface area contributed by atoms with Gasteiger partial charge in [0.2, 0.25) is 0 Å². The van der Waals surface area contributed by atoms with Crippen LogP contribution in [0.2, 0.25) is 5.02 Å². The van der Waals surface area contributed by atoms with E-state index in [2.05, 4.69) is 13.8 Å². The Bertz CT molecular complexity index is 1310. The number of nitrogens with zero attached hydrogens (tertiary/aromatic N) is 2. The molecule has 0 saturated heterocycles. The summed E-state index contributed by atoms with van der Waals surface area (Å²) in [7, 11) is 3.12. The molecule has 1 aliphatic rings. The minimum Gasteiger partial charge on any atom is -0.493 e. The number of hydrogen-bond donors (Lipinski definition) is 0. The first-order chi connectivity index (χ1) is 17.7. The van der Waals surface area contributed by atoms with Crippen molar-refractivity contribution in [3.05, 3.63) is 92.0 Å². The number of halogens is 1. The summed E-state index contributed by atoms with van der Waals surface area (Å²) < 4.78 is 17.1. The number of hydrogen-bond acceptors (Lipinski definition) is 6. The Morgan fingerprint density at radius 1 is 1.08 bits per heavy atom. The molecule has 3 aromatic carbocycles. The van der Waals surface area contributed by atoms with E-state index in [1.54, 1.807) is 19.1 Å². The summed E-state index contributed by atoms with van der Waals surface area (Å²) in [6.45, 7) is 4.72. The Morgan fingerprint density at radius 3 is 2.38 bits per heavy atom. The van der Waals surface area contributed by atoms with Gasteiger partial charge in [0.05, 0.1) is 25.2 Å². The third kappa shape index (κ3) is 5.49. The fourth-order valence-corrected chi connectivity index (χ4v) is 4.74. The lowest BCUT2D eigenvalue weighted by Crippen LogP contribution is -2.42. The highest BCUT2D eigenvalue weighted by Gasteiger charge is 2.36. The van der Waals surface area contributed by atoms with E-state index in [0.717, 1.165) is 11.1 Å². The van der Waals surface area contributed by atoms with Crippen molar-refractivity contribution in [1.29, 1.82) is 0 Å². The van der Waals surface area contributed by atoms with Gasteiger partial charge in [0, 0.05) is 17.6 Å². The molecule has 9 heteroatoms. The number of carbonyl (C=O) groups excluding carboxylic acids is 1. The predicted octanol–water partition coefficient (Wildman–Crippen LogP) is 6.21. The number of benzene rings is 3. The molecule has 0 saturated carbocycles. The molecule has 37 heavy (non-hydrogen) atoms. The van der Waals surface area contributed by atoms with Gasteiger partial charge in [-0.25, -0.2) is 0 Å². The largest absolute Gasteiger partial charge is 0.493 e. The molecule has 194 valence electrons. The number of nitro groups is 1. The van der Waals surface area contributed by atoms with Crippen LogP contribution in [0.3, 0.4) is 0 Å². The van der Waals surface area contributed by atoms with E-state index in [9.17, 15) is 14.9 Å². The van der Waals surface area contributed by atoms with Crippen molar-refractivity contribution in [3.8, 4) is 17.2 Å². The summed E-state index contributed by atoms with van der Waals surface area (Å²) in [4.78, 5) is 26.5. The summed E-state index contributed by atoms with van der Waals surface area (Å²) >= 11 is 6.12. The SMILES string of the molecule is COc1cc2c(cc1OC)C(COc1ccc(C(C)C)cc1)N(C(=O)c1cc(Cl)ccc1[N+](=O)[O-])CC2. The smallest absolute Gasteiger partial charge is 0.282 e. The van der Waals surface area contributed by atoms with Gasteiger partial charge in [0.1, 0.15) is 17.9 Å². The zero-order chi connectivity index (χ0) is 26.7. The maximum atomic E-state index is 13.8. The van der Waals surface area contributed by atoms with Crippen LogP contribution in [0.5, 0.6) is 17.2 Å². The van der Waals surface area contributed by atoms with Gasteiger partial charge in [-0.05, 0) is 65.4 Å². The van der Waals surface area contributed by atoms with Crippen LogP contribution in [0.25, 0.3) is 0 Å². The molecule has 4 rings (SSSR count). The lowest BCUT2D eigenvalue weighted by Gasteiger charge is -2.37. The number of nitro benzene ring substituents is 1. The number of rotatable bonds is 8. The van der Waals surface area contributed by atoms with Crippen LogP contribution in [-0.2, 0) is 6.42 Å². The van der Waals surface area contributed by atoms with Gasteiger partial charge < -0.3 is 19.1 Å². The zero-order valence-electron chi connectivity index (χ0n) is 21.2. The molecular weight excluding hydrogens is 496 g/mol. The fourth-order valence-electron chi connectivity index (χ4n) is 4.57. The Labute approximate surface area is 220 Å². The topological polar surface area (TPSA) is 91.1 Å². The third-order valence-corrected chi connectivity index (χ3v) is 6.84. The molecule has 3 aromatic rings. The molecule has 1 unspecified atom stereocenters. The lowest BCUT2D eigenvalue weighted by molar-refractivity contribution is -0.385. The van der Waals surface area contributed by atoms with Gasteiger partial charge in [-0.2, -0.15) is 0 Å². The van der Waals surface area contributed by atoms with E-state index >= 15 is 0 Å². The van der Waals surface area contributed by atoms with E-state index < -0.39 is 16.9 Å². The van der Waals surface area contributed by atoms with Crippen molar-refractivity contribution in [2.45, 2.75) is 32.2 Å². The third-order valence-electron chi connectivity index (χ3n) is 6.60. The number of fused-ring (bicyclic) bond motifs is 1. The van der Waals surface area contributed by atoms with E-state index in [-0.39, 0.29) is 22.9 Å². The fraction of sp³-hybridized carbons (Fsp3) is 0.321. The van der Waals surface area contributed by atoms with Gasteiger partial charge >= 0.3 is 0 Å². The number of carbonyl (C=O) groups is 1. The zero-order valence-corrected chi connectivity index (χ0v) is 21.9. The van der Waals surface area contributed by atoms with E-state index in [4.69, 9.17) is 25.8 Å². The first-order valence-corrected chi connectivity index (χ1v) is 12.3. The molecule has 8 nitrogen and oxygen atoms in total. The van der Waals surface area contributed by atoms with Gasteiger partial charge in [0.25, 0.3) is 11.6 Å². The highest BCUT2D eigenvalue weighted by atomic mass is 35.5. The maximum Gasteiger partial charge on any atom is 0.282 e. The van der Waals surface area contributed by atoms with Crippen LogP contribution in [0.1, 0.15) is 52.9 Å². The van der Waals surface area contributed by atoms with Gasteiger partial charge in [-0.1, -0.05) is 37.6 Å². The molecule has 0 N–H and O–H groups in total. The van der Waals surface area contributed by atoms with Crippen molar-refractivity contribution >= 4 is 23.2 Å². The molecular formula is C28H29ClN2O6. The second-order valence-corrected chi connectivity index (χ2v) is 9.56. The lowest BCUT2D eigenvalue weighted by atomic mass is 9.91. The summed E-state index contributed by atoms with van der Waals surface area (Å²) in [5.74, 6) is 1.69. The minimum absolute atomic E-state index is 0.0623. The molecule has 1 aliphatic heterocycles. The maximum absolute atomic E-state index is 13.8. The highest BCUT2D eigenvalue weighted by molar-refractivity contribution is 6.31. The molecule has 1 amide bonds. The first kappa shape index (κ1) is 26.3. The number of amides is 1. The van der Waals surface area contributed by atoms with E-state index in [1.807, 2.05) is 36.4 Å². The minimum atomic E-state index is -0.572. The first-order valence-electron chi connectivity index (χ1n) is 12.0. The van der Waals surface area contributed by atoms with Gasteiger partial charge in [0.15, 0.2) is 11.5 Å². The standard InChI is InChI=1S/C28H29ClN2O6/c1-17(2)18-5-8-21(9-6-18)37-16-25-22-15-27(36-4)26(35-3)13-19(22)11-12-30(25)28(32)23-14-20(29)7-10-24(23)31(33)34/h5-10,13-15,17,25H,11-12,16H2,1-4H3. The number of methoxy groups -OCH3 is 2. The molecule has 1 heterocycles. The van der Waals surface area contributed by atoms with Crippen LogP contribution in [0.15, 0.2) is 54.6 Å². The van der Waals surface area contributed by atoms with Crippen molar-refractivity contribution in [3.63, 3.8) is 0 Å². The molecule has 0 spiro atoms. The van der Waals surface area contributed by atoms with Crippen LogP contribution in [-0.4, -0.2) is 43.1 Å². The summed E-state index contributed by atoms with van der Waals surface area (Å²) in [6, 6.07) is 15.1. The van der Waals surface area contributed by atoms with Crippen LogP contribution < -0.4 is 14.2 Å². The summed E-state index contributed by atoms with van der Waals surface area (Å²) in [5, 5.41) is 11.9. The number of ether oxygens (including phenoxy) is 3. The average Bonchev–Trinajstić information content (AvgIpc) is 2.90. The highest BCUT2D eigenvalue weighted by Crippen LogP contribution is 2.39.